The van der Waals surface area contributed by atoms with Gasteiger partial charge in [-0.15, -0.1) is 35.3 Å². The number of benzene rings is 1. The highest BCUT2D eigenvalue weighted by Crippen LogP contribution is 2.42. The predicted molar refractivity (Wildman–Crippen MR) is 161 cm³/mol. The molecule has 0 unspecified atom stereocenters. The summed E-state index contributed by atoms with van der Waals surface area (Å²) in [4.78, 5) is 51.2. The topological polar surface area (TPSA) is 174 Å². The lowest BCUT2D eigenvalue weighted by Gasteiger charge is -2.49. The van der Waals surface area contributed by atoms with Crippen LogP contribution in [0.1, 0.15) is 12.8 Å². The van der Waals surface area contributed by atoms with Gasteiger partial charge in [0.1, 0.15) is 29.7 Å². The molecule has 42 heavy (non-hydrogen) atoms. The number of nitrogens with zero attached hydrogens (tertiary/aromatic N) is 2. The first-order valence-corrected chi connectivity index (χ1v) is 16.3. The zero-order valence-electron chi connectivity index (χ0n) is 21.9. The van der Waals surface area contributed by atoms with Gasteiger partial charge in [0.2, 0.25) is 5.91 Å². The molecule has 2 aliphatic heterocycles. The van der Waals surface area contributed by atoms with Crippen molar-refractivity contribution in [3.05, 3.63) is 58.0 Å². The number of phenols is 1. The zero-order valence-corrected chi connectivity index (χ0v) is 25.8. The summed E-state index contributed by atoms with van der Waals surface area (Å²) in [5.41, 5.74) is 6.10. The van der Waals surface area contributed by atoms with Crippen molar-refractivity contribution < 1.29 is 39.1 Å². The first-order chi connectivity index (χ1) is 20.0. The number of carboxylic acids is 2. The molecule has 0 radical (unpaired) electrons. The van der Waals surface area contributed by atoms with Gasteiger partial charge < -0.3 is 26.4 Å². The number of aliphatic carboxylic acids is 2. The summed E-state index contributed by atoms with van der Waals surface area (Å²) >= 11 is 15.8. The molecule has 3 heterocycles. The van der Waals surface area contributed by atoms with Crippen LogP contribution in [0.5, 0.6) is 5.75 Å². The van der Waals surface area contributed by atoms with Crippen molar-refractivity contribution >= 4 is 82.2 Å². The highest BCUT2D eigenvalue weighted by molar-refractivity contribution is 8.01. The van der Waals surface area contributed by atoms with E-state index in [1.165, 1.54) is 40.6 Å². The van der Waals surface area contributed by atoms with Gasteiger partial charge in [-0.25, -0.2) is 9.36 Å². The third-order valence-electron chi connectivity index (χ3n) is 6.45. The summed E-state index contributed by atoms with van der Waals surface area (Å²) in [5.74, 6) is -2.62. The summed E-state index contributed by atoms with van der Waals surface area (Å²) in [5, 5.41) is 30.8. The summed E-state index contributed by atoms with van der Waals surface area (Å²) in [6.45, 7) is 0.616. The number of rotatable bonds is 13. The number of thioether (sulfide) groups is 3. The Balaban J connectivity index is 1.31. The number of hydrogen-bond donors (Lipinski definition) is 5. The molecule has 0 saturated carbocycles. The maximum absolute atomic E-state index is 13.0. The number of aromatic nitrogens is 1. The Morgan fingerprint density at radius 2 is 1.81 bits per heavy atom. The third-order valence-corrected chi connectivity index (χ3v) is 10.4. The van der Waals surface area contributed by atoms with Crippen LogP contribution in [0.3, 0.4) is 0 Å². The van der Waals surface area contributed by atoms with Crippen molar-refractivity contribution in [1.29, 1.82) is 0 Å². The second kappa shape index (κ2) is 14.2. The molecule has 2 amide bonds. The molecule has 4 rings (SSSR count). The van der Waals surface area contributed by atoms with Gasteiger partial charge in [-0.3, -0.25) is 19.3 Å². The quantitative estimate of drug-likeness (QED) is 0.120. The molecule has 0 aliphatic carbocycles. The number of halogens is 2. The smallest absolute Gasteiger partial charge is 0.352 e. The molecular weight excluding hydrogens is 647 g/mol. The standard InChI is InChI=1S/C26H26Cl2N4O7S3/c27-16-8-15(9-17(28)22(16)34)41-12-19(33)30-20-23(35)32-21(26(38)39)13(11-42-24(20)32)10-40-14-3-6-31(7-4-14)5-1-2-18(29)25(36)37/h3-4,6-9,18,20,24H,1-2,5,10-12,29H2,(H3-,30,33,34,36,37,38,39)/p+1/t18-,20+,24+/m0/s1. The lowest BCUT2D eigenvalue weighted by Crippen LogP contribution is -2.70. The highest BCUT2D eigenvalue weighted by atomic mass is 35.5. The van der Waals surface area contributed by atoms with E-state index in [9.17, 15) is 29.4 Å². The van der Waals surface area contributed by atoms with Crippen LogP contribution < -0.4 is 15.6 Å². The maximum Gasteiger partial charge on any atom is 0.352 e. The number of β-lactam (4-membered cyclic amide) rings is 1. The first kappa shape index (κ1) is 32.3. The fraction of sp³-hybridized carbons (Fsp3) is 0.346. The largest absolute Gasteiger partial charge is 0.505 e. The number of nitrogens with two attached hydrogens (primary N) is 1. The molecule has 11 nitrogen and oxygen atoms in total. The van der Waals surface area contributed by atoms with Crippen LogP contribution in [0.25, 0.3) is 0 Å². The van der Waals surface area contributed by atoms with Gasteiger partial charge in [-0.2, -0.15) is 0 Å². The van der Waals surface area contributed by atoms with Crippen LogP contribution in [0, 0.1) is 0 Å². The van der Waals surface area contributed by atoms with Crippen molar-refractivity contribution in [2.45, 2.75) is 46.6 Å². The van der Waals surface area contributed by atoms with Gasteiger partial charge in [-0.1, -0.05) is 23.2 Å². The number of hydrogen-bond acceptors (Lipinski definition) is 9. The van der Waals surface area contributed by atoms with Gasteiger partial charge in [0.15, 0.2) is 18.1 Å². The van der Waals surface area contributed by atoms with E-state index in [0.717, 1.165) is 16.7 Å². The van der Waals surface area contributed by atoms with Crippen molar-refractivity contribution in [2.24, 2.45) is 5.73 Å². The van der Waals surface area contributed by atoms with Crippen LogP contribution in [0.15, 0.2) is 57.7 Å². The number of aromatic hydroxyl groups is 1. The summed E-state index contributed by atoms with van der Waals surface area (Å²) < 4.78 is 1.92. The number of carbonyl (C=O) groups excluding carboxylic acids is 2. The van der Waals surface area contributed by atoms with Gasteiger partial charge in [0.25, 0.3) is 5.91 Å². The van der Waals surface area contributed by atoms with Gasteiger partial charge >= 0.3 is 11.9 Å². The number of carboxylic acid groups (broad SMARTS) is 2. The van der Waals surface area contributed by atoms with Gasteiger partial charge in [-0.05, 0) is 24.1 Å². The van der Waals surface area contributed by atoms with Crippen molar-refractivity contribution in [2.75, 3.05) is 17.3 Å². The molecule has 224 valence electrons. The highest BCUT2D eigenvalue weighted by Gasteiger charge is 2.54. The van der Waals surface area contributed by atoms with Crippen LogP contribution >= 0.6 is 58.5 Å². The molecule has 2 aliphatic rings. The number of fused-ring (bicyclic) bond motifs is 1. The molecule has 16 heteroatoms. The number of pyridine rings is 1. The van der Waals surface area contributed by atoms with E-state index in [-0.39, 0.29) is 27.2 Å². The fourth-order valence-corrected chi connectivity index (χ4v) is 8.03. The monoisotopic (exact) mass is 673 g/mol. The van der Waals surface area contributed by atoms with Crippen molar-refractivity contribution in [1.82, 2.24) is 10.2 Å². The molecule has 0 spiro atoms. The molecule has 3 atom stereocenters. The zero-order chi connectivity index (χ0) is 30.6. The first-order valence-electron chi connectivity index (χ1n) is 12.6. The fourth-order valence-electron chi connectivity index (χ4n) is 4.26. The van der Waals surface area contributed by atoms with Crippen LogP contribution in [0.4, 0.5) is 0 Å². The molecule has 6 N–H and O–H groups in total. The molecule has 1 saturated heterocycles. The van der Waals surface area contributed by atoms with Crippen LogP contribution in [-0.4, -0.2) is 78.7 Å². The van der Waals surface area contributed by atoms with E-state index in [2.05, 4.69) is 5.32 Å². The lowest BCUT2D eigenvalue weighted by atomic mass is 10.0. The molecule has 1 fully saturated rings. The second-order valence-corrected chi connectivity index (χ2v) is 13.4. The maximum atomic E-state index is 13.0. The second-order valence-electron chi connectivity index (χ2n) is 9.38. The average molecular weight is 675 g/mol. The summed E-state index contributed by atoms with van der Waals surface area (Å²) in [7, 11) is 0. The minimum Gasteiger partial charge on any atom is -0.505 e. The minimum absolute atomic E-state index is 0.0327. The Kier molecular flexibility index (Phi) is 10.9. The van der Waals surface area contributed by atoms with Crippen LogP contribution in [0.2, 0.25) is 10.0 Å². The summed E-state index contributed by atoms with van der Waals surface area (Å²) in [6, 6.07) is 5.01. The number of aryl methyl sites for hydroxylation is 1. The van der Waals surface area contributed by atoms with Gasteiger partial charge in [0, 0.05) is 39.9 Å². The average Bonchev–Trinajstić information content (AvgIpc) is 2.96. The van der Waals surface area contributed by atoms with E-state index in [1.54, 1.807) is 0 Å². The minimum atomic E-state index is -1.20. The Labute approximate surface area is 263 Å². The predicted octanol–water partition coefficient (Wildman–Crippen LogP) is 2.80. The van der Waals surface area contributed by atoms with E-state index >= 15 is 0 Å². The summed E-state index contributed by atoms with van der Waals surface area (Å²) in [6.07, 6.45) is 4.71. The van der Waals surface area contributed by atoms with Crippen molar-refractivity contribution in [3.63, 3.8) is 0 Å². The SMILES string of the molecule is N[C@@H](CCC[n+]1ccc(SCC2=C(C(=O)O)N3C(=O)[C@@H](NC(=O)CSc4cc(Cl)c(O)c(Cl)c4)[C@H]3SC2)cc1)C(=O)O. The number of nitrogens with one attached hydrogen (secondary N) is 1. The normalized spacial score (nSPS) is 18.7. The Morgan fingerprint density at radius 3 is 2.43 bits per heavy atom. The van der Waals surface area contributed by atoms with Crippen molar-refractivity contribution in [3.8, 4) is 5.75 Å². The lowest BCUT2D eigenvalue weighted by molar-refractivity contribution is -0.697. The number of phenolic OH excluding ortho intramolecular Hbond substituents is 1. The molecule has 1 aromatic heterocycles. The molecule has 2 aromatic rings. The number of amides is 2. The Hall–Kier alpha value is -2.62. The molecule has 1 aromatic carbocycles. The van der Waals surface area contributed by atoms with E-state index in [0.29, 0.717) is 41.4 Å². The third kappa shape index (κ3) is 7.66. The number of carbonyl (C=O) groups is 4. The van der Waals surface area contributed by atoms with E-state index in [1.807, 2.05) is 29.1 Å². The Bertz CT molecular complexity index is 1400. The molecular formula is C26H27Cl2N4O7S3+. The van der Waals surface area contributed by atoms with E-state index in [4.69, 9.17) is 34.0 Å². The Morgan fingerprint density at radius 1 is 1.14 bits per heavy atom. The van der Waals surface area contributed by atoms with E-state index < -0.39 is 41.2 Å². The van der Waals surface area contributed by atoms with Crippen LogP contribution in [-0.2, 0) is 25.7 Å². The van der Waals surface area contributed by atoms with Gasteiger partial charge in [0.05, 0.1) is 15.8 Å². The molecule has 0 bridgehead atoms.